The molecule has 0 N–H and O–H groups in total. The first kappa shape index (κ1) is 30.2. The zero-order valence-electron chi connectivity index (χ0n) is 29.1. The van der Waals surface area contributed by atoms with E-state index in [1.54, 1.807) is 0 Å². The fraction of sp³-hybridized carbons (Fsp3) is 0. The summed E-state index contributed by atoms with van der Waals surface area (Å²) in [4.78, 5) is 0. The monoisotopic (exact) mass is 718 g/mol. The van der Waals surface area contributed by atoms with Crippen LogP contribution in [-0.2, 0) is 0 Å². The molecule has 0 atom stereocenters. The van der Waals surface area contributed by atoms with Crippen molar-refractivity contribution in [2.24, 2.45) is 0 Å². The molecule has 2 heterocycles. The molecule has 0 fully saturated rings. The minimum atomic E-state index is 1.23. The van der Waals surface area contributed by atoms with Crippen LogP contribution in [-0.4, -0.2) is 0 Å². The molecule has 250 valence electrons. The summed E-state index contributed by atoms with van der Waals surface area (Å²) in [6.45, 7) is 0. The Balaban J connectivity index is 1.10. The van der Waals surface area contributed by atoms with Gasteiger partial charge < -0.3 is 0 Å². The van der Waals surface area contributed by atoms with Gasteiger partial charge in [0, 0.05) is 30.9 Å². The van der Waals surface area contributed by atoms with Crippen molar-refractivity contribution >= 4 is 106 Å². The van der Waals surface area contributed by atoms with Gasteiger partial charge in [-0.3, -0.25) is 0 Å². The first-order valence-corrected chi connectivity index (χ1v) is 20.1. The molecule has 0 bridgehead atoms. The summed E-state index contributed by atoms with van der Waals surface area (Å²) in [5, 5.41) is 15.7. The summed E-state index contributed by atoms with van der Waals surface area (Å²) in [6.07, 6.45) is 0. The number of rotatable bonds is 3. The molecular weight excluding hydrogens is 689 g/mol. The van der Waals surface area contributed by atoms with E-state index in [2.05, 4.69) is 182 Å². The van der Waals surface area contributed by atoms with Crippen LogP contribution in [0.5, 0.6) is 0 Å². The van der Waals surface area contributed by atoms with Crippen LogP contribution in [0.3, 0.4) is 0 Å². The molecule has 10 aromatic carbocycles. The van der Waals surface area contributed by atoms with Gasteiger partial charge in [-0.1, -0.05) is 158 Å². The maximum Gasteiger partial charge on any atom is 0.0534 e. The molecule has 0 radical (unpaired) electrons. The van der Waals surface area contributed by atoms with Gasteiger partial charge in [0.2, 0.25) is 0 Å². The molecule has 0 nitrogen and oxygen atoms in total. The van der Waals surface area contributed by atoms with Crippen molar-refractivity contribution in [2.45, 2.75) is 0 Å². The predicted octanol–water partition coefficient (Wildman–Crippen LogP) is 16.0. The second kappa shape index (κ2) is 11.6. The van der Waals surface area contributed by atoms with Crippen molar-refractivity contribution in [1.29, 1.82) is 0 Å². The van der Waals surface area contributed by atoms with Gasteiger partial charge in [-0.25, -0.2) is 0 Å². The second-order valence-corrected chi connectivity index (χ2v) is 16.5. The first-order chi connectivity index (χ1) is 26.8. The van der Waals surface area contributed by atoms with Gasteiger partial charge in [0.15, 0.2) is 0 Å². The van der Waals surface area contributed by atoms with Crippen LogP contribution >= 0.6 is 22.7 Å². The van der Waals surface area contributed by atoms with E-state index in [0.717, 1.165) is 0 Å². The molecule has 2 heteroatoms. The molecule has 0 saturated heterocycles. The van der Waals surface area contributed by atoms with E-state index in [0.29, 0.717) is 0 Å². The normalized spacial score (nSPS) is 12.1. The van der Waals surface area contributed by atoms with Crippen molar-refractivity contribution < 1.29 is 0 Å². The van der Waals surface area contributed by atoms with Crippen LogP contribution in [0, 0.1) is 0 Å². The number of fused-ring (bicyclic) bond motifs is 12. The van der Waals surface area contributed by atoms with Gasteiger partial charge >= 0.3 is 0 Å². The highest BCUT2D eigenvalue weighted by Crippen LogP contribution is 2.49. The van der Waals surface area contributed by atoms with Crippen LogP contribution < -0.4 is 0 Å². The Morgan fingerprint density at radius 1 is 0.278 bits per heavy atom. The summed E-state index contributed by atoms with van der Waals surface area (Å²) >= 11 is 3.87. The zero-order valence-corrected chi connectivity index (χ0v) is 30.8. The fourth-order valence-corrected chi connectivity index (χ4v) is 11.7. The van der Waals surface area contributed by atoms with Crippen LogP contribution in [0.4, 0.5) is 0 Å². The lowest BCUT2D eigenvalue weighted by atomic mass is 9.85. The van der Waals surface area contributed by atoms with Gasteiger partial charge in [-0.15, -0.1) is 22.7 Å². The Labute approximate surface area is 319 Å². The Kier molecular flexibility index (Phi) is 6.48. The molecule has 0 unspecified atom stereocenters. The Morgan fingerprint density at radius 3 is 1.56 bits per heavy atom. The SMILES string of the molecule is c1cc(-c2c3ccccc3c(-c3ccc4ccccc4c3)c3ccccc23)cc(-c2cc3sc4c(ccc5c6ccccc6sc54)c3c3ccccc23)c1. The molecule has 0 amide bonds. The van der Waals surface area contributed by atoms with Crippen molar-refractivity contribution in [3.63, 3.8) is 0 Å². The molecule has 2 aromatic heterocycles. The zero-order chi connectivity index (χ0) is 35.3. The second-order valence-electron chi connectivity index (χ2n) is 14.3. The molecule has 0 spiro atoms. The van der Waals surface area contributed by atoms with Crippen molar-refractivity contribution in [3.05, 3.63) is 182 Å². The van der Waals surface area contributed by atoms with Gasteiger partial charge in [0.05, 0.1) is 9.40 Å². The first-order valence-electron chi connectivity index (χ1n) is 18.5. The predicted molar refractivity (Wildman–Crippen MR) is 239 cm³/mol. The number of benzene rings is 10. The van der Waals surface area contributed by atoms with E-state index in [1.807, 2.05) is 22.7 Å². The summed E-state index contributed by atoms with van der Waals surface area (Å²) < 4.78 is 5.48. The third kappa shape index (κ3) is 4.36. The van der Waals surface area contributed by atoms with Gasteiger partial charge in [-0.2, -0.15) is 0 Å². The molecule has 12 aromatic rings. The largest absolute Gasteiger partial charge is 0.134 e. The number of hydrogen-bond donors (Lipinski definition) is 0. The third-order valence-electron chi connectivity index (χ3n) is 11.4. The maximum absolute atomic E-state index is 2.46. The Hall–Kier alpha value is -6.32. The molecular formula is C52H30S2. The van der Waals surface area contributed by atoms with Crippen molar-refractivity contribution in [3.8, 4) is 33.4 Å². The highest BCUT2D eigenvalue weighted by molar-refractivity contribution is 7.33. The van der Waals surface area contributed by atoms with E-state index in [-0.39, 0.29) is 0 Å². The summed E-state index contributed by atoms with van der Waals surface area (Å²) in [5.41, 5.74) is 7.57. The lowest BCUT2D eigenvalue weighted by Crippen LogP contribution is -1.91. The summed E-state index contributed by atoms with van der Waals surface area (Å²) in [7, 11) is 0. The molecule has 0 saturated carbocycles. The molecule has 12 rings (SSSR count). The number of hydrogen-bond acceptors (Lipinski definition) is 2. The Morgan fingerprint density at radius 2 is 0.815 bits per heavy atom. The van der Waals surface area contributed by atoms with E-state index < -0.39 is 0 Å². The van der Waals surface area contributed by atoms with E-state index in [9.17, 15) is 0 Å². The van der Waals surface area contributed by atoms with Gasteiger partial charge in [-0.05, 0) is 101 Å². The van der Waals surface area contributed by atoms with Gasteiger partial charge in [0.25, 0.3) is 0 Å². The molecule has 0 aliphatic carbocycles. The van der Waals surface area contributed by atoms with Crippen molar-refractivity contribution in [1.82, 2.24) is 0 Å². The lowest BCUT2D eigenvalue weighted by molar-refractivity contribution is 1.64. The topological polar surface area (TPSA) is 0 Å². The average Bonchev–Trinajstić information content (AvgIpc) is 3.81. The average molecular weight is 719 g/mol. The maximum atomic E-state index is 2.46. The van der Waals surface area contributed by atoms with E-state index in [1.165, 1.54) is 117 Å². The smallest absolute Gasteiger partial charge is 0.0534 e. The van der Waals surface area contributed by atoms with Crippen molar-refractivity contribution in [2.75, 3.05) is 0 Å². The van der Waals surface area contributed by atoms with Crippen LogP contribution in [0.25, 0.3) is 117 Å². The highest BCUT2D eigenvalue weighted by Gasteiger charge is 2.20. The highest BCUT2D eigenvalue weighted by atomic mass is 32.1. The van der Waals surface area contributed by atoms with E-state index in [4.69, 9.17) is 0 Å². The molecule has 54 heavy (non-hydrogen) atoms. The standard InChI is InChI=1S/C52H30S2/c1-2-13-32-28-35(25-24-31(32)12-1)49-41-21-7-5-19-39(41)48(40-20-6-8-22-42(40)49)34-15-11-14-33(29-34)45-30-47-50(38-18-4-3-16-36(38)45)44-27-26-43-37-17-9-10-23-46(37)53-51(43)52(44)54-47/h1-30H. The summed E-state index contributed by atoms with van der Waals surface area (Å²) in [5.74, 6) is 0. The third-order valence-corrected chi connectivity index (χ3v) is 13.9. The quantitative estimate of drug-likeness (QED) is 0.160. The minimum Gasteiger partial charge on any atom is -0.134 e. The summed E-state index contributed by atoms with van der Waals surface area (Å²) in [6, 6.07) is 67.8. The van der Waals surface area contributed by atoms with Crippen LogP contribution in [0.15, 0.2) is 182 Å². The molecule has 0 aliphatic heterocycles. The number of thiophene rings is 2. The Bertz CT molecular complexity index is 3450. The fourth-order valence-electron chi connectivity index (χ4n) is 9.06. The van der Waals surface area contributed by atoms with E-state index >= 15 is 0 Å². The minimum absolute atomic E-state index is 1.23. The van der Waals surface area contributed by atoms with Gasteiger partial charge in [0.1, 0.15) is 0 Å². The van der Waals surface area contributed by atoms with Crippen LogP contribution in [0.2, 0.25) is 0 Å². The van der Waals surface area contributed by atoms with Crippen LogP contribution in [0.1, 0.15) is 0 Å². The lowest BCUT2D eigenvalue weighted by Gasteiger charge is -2.18. The molecule has 0 aliphatic rings.